The van der Waals surface area contributed by atoms with Gasteiger partial charge in [0, 0.05) is 7.11 Å². The number of aliphatic hydroxyl groups is 1. The van der Waals surface area contributed by atoms with Crippen LogP contribution in [0.2, 0.25) is 0 Å². The van der Waals surface area contributed by atoms with Gasteiger partial charge in [-0.25, -0.2) is 0 Å². The minimum atomic E-state index is -0.892. The Morgan fingerprint density at radius 1 is 1.64 bits per heavy atom. The number of methoxy groups -OCH3 is 1. The topological polar surface area (TPSA) is 47.9 Å². The van der Waals surface area contributed by atoms with Gasteiger partial charge in [-0.15, -0.1) is 0 Å². The molecule has 1 fully saturated rings. The lowest BCUT2D eigenvalue weighted by molar-refractivity contribution is -0.191. The van der Waals surface area contributed by atoms with E-state index in [0.717, 1.165) is 0 Å². The van der Waals surface area contributed by atoms with E-state index in [1.807, 2.05) is 0 Å². The van der Waals surface area contributed by atoms with Gasteiger partial charge in [-0.1, -0.05) is 0 Å². The van der Waals surface area contributed by atoms with E-state index in [1.54, 1.807) is 13.8 Å². The SMILES string of the molecule is COC(O)[C@H]1COC(C)(C)O1. The molecule has 1 aliphatic rings. The van der Waals surface area contributed by atoms with Crippen molar-refractivity contribution in [2.24, 2.45) is 0 Å². The molecule has 4 heteroatoms. The van der Waals surface area contributed by atoms with Crippen molar-refractivity contribution in [3.8, 4) is 0 Å². The Bertz CT molecular complexity index is 134. The highest BCUT2D eigenvalue weighted by Gasteiger charge is 2.36. The van der Waals surface area contributed by atoms with Gasteiger partial charge in [0.25, 0.3) is 0 Å². The predicted octanol–water partition coefficient (Wildman–Crippen LogP) is 0.103. The molecule has 1 heterocycles. The predicted molar refractivity (Wildman–Crippen MR) is 37.9 cm³/mol. The number of rotatable bonds is 2. The third-order valence-electron chi connectivity index (χ3n) is 1.59. The molecule has 1 unspecified atom stereocenters. The Balaban J connectivity index is 2.41. The van der Waals surface area contributed by atoms with Crippen molar-refractivity contribution in [1.29, 1.82) is 0 Å². The maximum Gasteiger partial charge on any atom is 0.183 e. The molecule has 0 bridgehead atoms. The van der Waals surface area contributed by atoms with Gasteiger partial charge >= 0.3 is 0 Å². The van der Waals surface area contributed by atoms with Crippen LogP contribution >= 0.6 is 0 Å². The van der Waals surface area contributed by atoms with Gasteiger partial charge in [0.2, 0.25) is 0 Å². The average molecular weight is 162 g/mol. The van der Waals surface area contributed by atoms with E-state index in [0.29, 0.717) is 6.61 Å². The van der Waals surface area contributed by atoms with Crippen molar-refractivity contribution < 1.29 is 19.3 Å². The molecule has 0 amide bonds. The quantitative estimate of drug-likeness (QED) is 0.585. The zero-order valence-electron chi connectivity index (χ0n) is 7.03. The summed E-state index contributed by atoms with van der Waals surface area (Å²) >= 11 is 0. The lowest BCUT2D eigenvalue weighted by Gasteiger charge is -2.19. The molecular weight excluding hydrogens is 148 g/mol. The molecule has 1 rings (SSSR count). The molecule has 0 aliphatic carbocycles. The maximum absolute atomic E-state index is 9.16. The Labute approximate surface area is 66.1 Å². The molecule has 1 aliphatic heterocycles. The highest BCUT2D eigenvalue weighted by molar-refractivity contribution is 4.72. The lowest BCUT2D eigenvalue weighted by Crippen LogP contribution is -2.31. The number of ether oxygens (including phenoxy) is 3. The first-order valence-electron chi connectivity index (χ1n) is 3.58. The minimum absolute atomic E-state index is 0.366. The monoisotopic (exact) mass is 162 g/mol. The van der Waals surface area contributed by atoms with Crippen LogP contribution in [0.4, 0.5) is 0 Å². The second kappa shape index (κ2) is 3.06. The molecular formula is C7H14O4. The molecule has 11 heavy (non-hydrogen) atoms. The normalized spacial score (nSPS) is 32.2. The summed E-state index contributed by atoms with van der Waals surface area (Å²) in [5.74, 6) is -0.593. The average Bonchev–Trinajstić information content (AvgIpc) is 2.29. The van der Waals surface area contributed by atoms with Gasteiger partial charge < -0.3 is 19.3 Å². The van der Waals surface area contributed by atoms with E-state index in [-0.39, 0.29) is 6.10 Å². The van der Waals surface area contributed by atoms with Crippen LogP contribution in [0.1, 0.15) is 13.8 Å². The van der Waals surface area contributed by atoms with Crippen LogP contribution in [0.15, 0.2) is 0 Å². The number of hydrogen-bond acceptors (Lipinski definition) is 4. The van der Waals surface area contributed by atoms with Crippen molar-refractivity contribution in [1.82, 2.24) is 0 Å². The molecule has 4 nitrogen and oxygen atoms in total. The first-order chi connectivity index (χ1) is 5.05. The van der Waals surface area contributed by atoms with Crippen LogP contribution < -0.4 is 0 Å². The van der Waals surface area contributed by atoms with Crippen molar-refractivity contribution in [2.45, 2.75) is 32.0 Å². The fourth-order valence-electron chi connectivity index (χ4n) is 1.01. The van der Waals surface area contributed by atoms with E-state index < -0.39 is 12.1 Å². The van der Waals surface area contributed by atoms with Gasteiger partial charge in [0.05, 0.1) is 6.61 Å². The smallest absolute Gasteiger partial charge is 0.183 e. The van der Waals surface area contributed by atoms with Crippen LogP contribution in [0.25, 0.3) is 0 Å². The summed E-state index contributed by atoms with van der Waals surface area (Å²) in [6, 6.07) is 0. The molecule has 0 aromatic heterocycles. The van der Waals surface area contributed by atoms with Crippen molar-refractivity contribution >= 4 is 0 Å². The van der Waals surface area contributed by atoms with Crippen LogP contribution in [-0.2, 0) is 14.2 Å². The van der Waals surface area contributed by atoms with E-state index in [4.69, 9.17) is 14.6 Å². The molecule has 0 radical (unpaired) electrons. The molecule has 2 atom stereocenters. The Morgan fingerprint density at radius 3 is 2.64 bits per heavy atom. The molecule has 0 spiro atoms. The molecule has 0 aromatic rings. The highest BCUT2D eigenvalue weighted by Crippen LogP contribution is 2.24. The first-order valence-corrected chi connectivity index (χ1v) is 3.58. The standard InChI is InChI=1S/C7H14O4/c1-7(2)10-4-5(11-7)6(8)9-3/h5-6,8H,4H2,1-3H3/t5-,6?/m1/s1. The summed E-state index contributed by atoms with van der Waals surface area (Å²) in [5, 5.41) is 9.16. The van der Waals surface area contributed by atoms with Gasteiger partial charge in [-0.05, 0) is 13.8 Å². The third-order valence-corrected chi connectivity index (χ3v) is 1.59. The second-order valence-corrected chi connectivity index (χ2v) is 2.99. The van der Waals surface area contributed by atoms with Crippen molar-refractivity contribution in [3.63, 3.8) is 0 Å². The van der Waals surface area contributed by atoms with E-state index in [9.17, 15) is 0 Å². The lowest BCUT2D eigenvalue weighted by atomic mass is 10.3. The maximum atomic E-state index is 9.16. The van der Waals surface area contributed by atoms with Gasteiger partial charge in [0.15, 0.2) is 12.1 Å². The summed E-state index contributed by atoms with van der Waals surface area (Å²) in [5.41, 5.74) is 0. The Morgan fingerprint density at radius 2 is 2.27 bits per heavy atom. The summed E-state index contributed by atoms with van der Waals surface area (Å²) in [4.78, 5) is 0. The van der Waals surface area contributed by atoms with Gasteiger partial charge in [-0.3, -0.25) is 0 Å². The molecule has 1 N–H and O–H groups in total. The van der Waals surface area contributed by atoms with Crippen LogP contribution in [0.5, 0.6) is 0 Å². The summed E-state index contributed by atoms with van der Waals surface area (Å²) in [6.45, 7) is 3.98. The van der Waals surface area contributed by atoms with E-state index in [1.165, 1.54) is 7.11 Å². The molecule has 0 aromatic carbocycles. The van der Waals surface area contributed by atoms with Crippen LogP contribution in [-0.4, -0.2) is 37.0 Å². The van der Waals surface area contributed by atoms with E-state index >= 15 is 0 Å². The van der Waals surface area contributed by atoms with Crippen molar-refractivity contribution in [2.75, 3.05) is 13.7 Å². The van der Waals surface area contributed by atoms with Gasteiger partial charge in [0.1, 0.15) is 6.10 Å². The Kier molecular flexibility index (Phi) is 2.49. The van der Waals surface area contributed by atoms with Crippen LogP contribution in [0.3, 0.4) is 0 Å². The first kappa shape index (κ1) is 8.93. The number of aliphatic hydroxyl groups excluding tert-OH is 1. The van der Waals surface area contributed by atoms with Crippen molar-refractivity contribution in [3.05, 3.63) is 0 Å². The minimum Gasteiger partial charge on any atom is -0.366 e. The summed E-state index contributed by atoms with van der Waals surface area (Å²) < 4.78 is 15.2. The fourth-order valence-corrected chi connectivity index (χ4v) is 1.01. The largest absolute Gasteiger partial charge is 0.366 e. The van der Waals surface area contributed by atoms with Crippen LogP contribution in [0, 0.1) is 0 Å². The number of hydrogen-bond donors (Lipinski definition) is 1. The molecule has 0 saturated carbocycles. The zero-order valence-corrected chi connectivity index (χ0v) is 7.03. The fraction of sp³-hybridized carbons (Fsp3) is 1.00. The molecule has 66 valence electrons. The third kappa shape index (κ3) is 2.13. The highest BCUT2D eigenvalue weighted by atomic mass is 16.8. The molecule has 1 saturated heterocycles. The summed E-state index contributed by atoms with van der Waals surface area (Å²) in [6.07, 6.45) is -1.26. The van der Waals surface area contributed by atoms with E-state index in [2.05, 4.69) is 4.74 Å². The zero-order chi connectivity index (χ0) is 8.48. The summed E-state index contributed by atoms with van der Waals surface area (Å²) in [7, 11) is 1.43. The van der Waals surface area contributed by atoms with Gasteiger partial charge in [-0.2, -0.15) is 0 Å². The Hall–Kier alpha value is -0.160. The second-order valence-electron chi connectivity index (χ2n) is 2.99.